The van der Waals surface area contributed by atoms with Gasteiger partial charge >= 0.3 is 0 Å². The van der Waals surface area contributed by atoms with Crippen LogP contribution in [0.15, 0.2) is 46.9 Å². The number of aryl methyl sites for hydroxylation is 2. The van der Waals surface area contributed by atoms with Crippen LogP contribution in [0.3, 0.4) is 0 Å². The topological polar surface area (TPSA) is 26.0 Å². The van der Waals surface area contributed by atoms with Gasteiger partial charge in [-0.15, -0.1) is 0 Å². The smallest absolute Gasteiger partial charge is 0.0565 e. The number of rotatable bonds is 2. The Morgan fingerprint density at radius 1 is 1.00 bits per heavy atom. The Morgan fingerprint density at radius 2 is 1.71 bits per heavy atom. The van der Waals surface area contributed by atoms with Crippen LogP contribution in [-0.2, 0) is 0 Å². The second kappa shape index (κ2) is 5.03. The van der Waals surface area contributed by atoms with Gasteiger partial charge < -0.3 is 5.73 Å². The molecule has 0 aliphatic rings. The number of hydrogen-bond donors (Lipinski definition) is 1. The molecule has 2 aromatic carbocycles. The molecule has 0 heterocycles. The normalized spacial score (nSPS) is 12.5. The van der Waals surface area contributed by atoms with E-state index >= 15 is 0 Å². The van der Waals surface area contributed by atoms with E-state index in [0.717, 1.165) is 10.0 Å². The summed E-state index contributed by atoms with van der Waals surface area (Å²) in [5.74, 6) is 0. The lowest BCUT2D eigenvalue weighted by Crippen LogP contribution is -2.14. The van der Waals surface area contributed by atoms with Gasteiger partial charge in [0.05, 0.1) is 6.04 Å². The molecule has 17 heavy (non-hydrogen) atoms. The molecule has 0 amide bonds. The van der Waals surface area contributed by atoms with Crippen molar-refractivity contribution in [2.24, 2.45) is 5.73 Å². The predicted octanol–water partition coefficient (Wildman–Crippen LogP) is 4.11. The van der Waals surface area contributed by atoms with Crippen LogP contribution in [-0.4, -0.2) is 0 Å². The van der Waals surface area contributed by atoms with E-state index in [1.54, 1.807) is 0 Å². The average Bonchev–Trinajstić information content (AvgIpc) is 2.32. The van der Waals surface area contributed by atoms with Gasteiger partial charge in [-0.25, -0.2) is 0 Å². The molecular weight excluding hydrogens is 274 g/mol. The first kappa shape index (κ1) is 12.3. The monoisotopic (exact) mass is 289 g/mol. The molecule has 0 spiro atoms. The van der Waals surface area contributed by atoms with E-state index in [0.29, 0.717) is 0 Å². The van der Waals surface area contributed by atoms with Crippen LogP contribution >= 0.6 is 15.9 Å². The summed E-state index contributed by atoms with van der Waals surface area (Å²) in [6.07, 6.45) is 0. The molecule has 1 nitrogen and oxygen atoms in total. The van der Waals surface area contributed by atoms with Gasteiger partial charge in [0, 0.05) is 4.47 Å². The Kier molecular flexibility index (Phi) is 3.65. The van der Waals surface area contributed by atoms with E-state index in [2.05, 4.69) is 54.0 Å². The van der Waals surface area contributed by atoms with Crippen LogP contribution in [0.4, 0.5) is 0 Å². The van der Waals surface area contributed by atoms with Crippen molar-refractivity contribution >= 4 is 15.9 Å². The zero-order valence-electron chi connectivity index (χ0n) is 10.1. The summed E-state index contributed by atoms with van der Waals surface area (Å²) >= 11 is 3.56. The lowest BCUT2D eigenvalue weighted by Gasteiger charge is -2.17. The molecule has 0 bridgehead atoms. The molecule has 2 rings (SSSR count). The van der Waals surface area contributed by atoms with Gasteiger partial charge in [0.15, 0.2) is 0 Å². The zero-order chi connectivity index (χ0) is 12.4. The fourth-order valence-electron chi connectivity index (χ4n) is 1.99. The number of hydrogen-bond acceptors (Lipinski definition) is 1. The summed E-state index contributed by atoms with van der Waals surface area (Å²) < 4.78 is 1.06. The van der Waals surface area contributed by atoms with Gasteiger partial charge in [-0.1, -0.05) is 57.9 Å². The summed E-state index contributed by atoms with van der Waals surface area (Å²) in [6.45, 7) is 4.20. The lowest BCUT2D eigenvalue weighted by molar-refractivity contribution is 0.854. The first-order chi connectivity index (χ1) is 8.09. The molecule has 1 unspecified atom stereocenters. The number of benzene rings is 2. The highest BCUT2D eigenvalue weighted by Crippen LogP contribution is 2.28. The van der Waals surface area contributed by atoms with E-state index in [1.807, 2.05) is 18.2 Å². The second-order valence-electron chi connectivity index (χ2n) is 4.36. The molecule has 0 radical (unpaired) electrons. The van der Waals surface area contributed by atoms with Crippen LogP contribution in [0.2, 0.25) is 0 Å². The van der Waals surface area contributed by atoms with Crippen LogP contribution < -0.4 is 5.73 Å². The molecule has 0 saturated carbocycles. The first-order valence-corrected chi connectivity index (χ1v) is 6.46. The van der Waals surface area contributed by atoms with Crippen molar-refractivity contribution in [2.45, 2.75) is 19.9 Å². The van der Waals surface area contributed by atoms with E-state index < -0.39 is 0 Å². The molecule has 0 aromatic heterocycles. The SMILES string of the molecule is Cc1ccc(C)c(C(N)c2ccccc2Br)c1. The average molecular weight is 290 g/mol. The zero-order valence-corrected chi connectivity index (χ0v) is 11.7. The minimum absolute atomic E-state index is 0.0783. The van der Waals surface area contributed by atoms with Crippen molar-refractivity contribution < 1.29 is 0 Å². The largest absolute Gasteiger partial charge is 0.320 e. The third-order valence-electron chi connectivity index (χ3n) is 3.01. The predicted molar refractivity (Wildman–Crippen MR) is 76.1 cm³/mol. The fourth-order valence-corrected chi connectivity index (χ4v) is 2.52. The molecule has 2 aromatic rings. The Hall–Kier alpha value is -1.12. The maximum absolute atomic E-state index is 6.36. The lowest BCUT2D eigenvalue weighted by atomic mass is 9.94. The van der Waals surface area contributed by atoms with Crippen molar-refractivity contribution in [2.75, 3.05) is 0 Å². The summed E-state index contributed by atoms with van der Waals surface area (Å²) in [5, 5.41) is 0. The van der Waals surface area contributed by atoms with E-state index in [9.17, 15) is 0 Å². The molecule has 0 fully saturated rings. The van der Waals surface area contributed by atoms with E-state index in [1.165, 1.54) is 16.7 Å². The molecule has 88 valence electrons. The fraction of sp³-hybridized carbons (Fsp3) is 0.200. The van der Waals surface area contributed by atoms with Crippen LogP contribution in [0, 0.1) is 13.8 Å². The van der Waals surface area contributed by atoms with Crippen molar-refractivity contribution in [3.63, 3.8) is 0 Å². The summed E-state index contributed by atoms with van der Waals surface area (Å²) in [4.78, 5) is 0. The van der Waals surface area contributed by atoms with Crippen LogP contribution in [0.5, 0.6) is 0 Å². The highest BCUT2D eigenvalue weighted by atomic mass is 79.9. The molecule has 0 aliphatic carbocycles. The van der Waals surface area contributed by atoms with Gasteiger partial charge in [-0.3, -0.25) is 0 Å². The molecule has 2 N–H and O–H groups in total. The first-order valence-electron chi connectivity index (χ1n) is 5.67. The highest BCUT2D eigenvalue weighted by Gasteiger charge is 2.13. The molecule has 1 atom stereocenters. The maximum Gasteiger partial charge on any atom is 0.0565 e. The Balaban J connectivity index is 2.47. The molecule has 0 saturated heterocycles. The van der Waals surface area contributed by atoms with Gasteiger partial charge in [0.2, 0.25) is 0 Å². The van der Waals surface area contributed by atoms with Gasteiger partial charge in [-0.2, -0.15) is 0 Å². The Morgan fingerprint density at radius 3 is 2.41 bits per heavy atom. The second-order valence-corrected chi connectivity index (χ2v) is 5.21. The quantitative estimate of drug-likeness (QED) is 0.884. The number of nitrogens with two attached hydrogens (primary N) is 1. The van der Waals surface area contributed by atoms with Gasteiger partial charge in [0.25, 0.3) is 0 Å². The summed E-state index contributed by atoms with van der Waals surface area (Å²) in [6, 6.07) is 14.4. The van der Waals surface area contributed by atoms with Crippen molar-refractivity contribution in [1.82, 2.24) is 0 Å². The van der Waals surface area contributed by atoms with Crippen LogP contribution in [0.25, 0.3) is 0 Å². The highest BCUT2D eigenvalue weighted by molar-refractivity contribution is 9.10. The maximum atomic E-state index is 6.36. The standard InChI is InChI=1S/C15H16BrN/c1-10-7-8-11(2)13(9-10)15(17)12-5-3-4-6-14(12)16/h3-9,15H,17H2,1-2H3. The van der Waals surface area contributed by atoms with Crippen molar-refractivity contribution in [3.8, 4) is 0 Å². The van der Waals surface area contributed by atoms with Gasteiger partial charge in [0.1, 0.15) is 0 Å². The third kappa shape index (κ3) is 2.59. The van der Waals surface area contributed by atoms with Crippen molar-refractivity contribution in [3.05, 3.63) is 69.2 Å². The number of halogens is 1. The summed E-state index contributed by atoms with van der Waals surface area (Å²) in [7, 11) is 0. The Labute approximate surface area is 111 Å². The third-order valence-corrected chi connectivity index (χ3v) is 3.73. The van der Waals surface area contributed by atoms with E-state index in [-0.39, 0.29) is 6.04 Å². The molecule has 0 aliphatic heterocycles. The molecule has 2 heteroatoms. The molecular formula is C15H16BrN. The van der Waals surface area contributed by atoms with Crippen LogP contribution in [0.1, 0.15) is 28.3 Å². The summed E-state index contributed by atoms with van der Waals surface area (Å²) in [5.41, 5.74) is 11.2. The van der Waals surface area contributed by atoms with E-state index in [4.69, 9.17) is 5.73 Å². The van der Waals surface area contributed by atoms with Gasteiger partial charge in [-0.05, 0) is 36.6 Å². The Bertz CT molecular complexity index is 534. The van der Waals surface area contributed by atoms with Crippen molar-refractivity contribution in [1.29, 1.82) is 0 Å². The minimum atomic E-state index is -0.0783. The minimum Gasteiger partial charge on any atom is -0.320 e.